The van der Waals surface area contributed by atoms with Crippen molar-refractivity contribution in [2.24, 2.45) is 0 Å². The van der Waals surface area contributed by atoms with Crippen LogP contribution in [0.25, 0.3) is 0 Å². The van der Waals surface area contributed by atoms with E-state index in [1.165, 1.54) is 59.6 Å². The number of rotatable bonds is 4. The summed E-state index contributed by atoms with van der Waals surface area (Å²) in [4.78, 5) is 13.7. The third kappa shape index (κ3) is 4.25. The van der Waals surface area contributed by atoms with Crippen LogP contribution in [0.3, 0.4) is 0 Å². The highest BCUT2D eigenvalue weighted by atomic mass is 32.1. The molecule has 0 unspecified atom stereocenters. The van der Waals surface area contributed by atoms with Gasteiger partial charge in [0.15, 0.2) is 0 Å². The Hall–Kier alpha value is -2.02. The molecule has 1 aromatic carbocycles. The minimum Gasteiger partial charge on any atom is -0.367 e. The van der Waals surface area contributed by atoms with Crippen LogP contribution in [-0.2, 0) is 19.4 Å². The number of hydrogen-bond acceptors (Lipinski definition) is 5. The van der Waals surface area contributed by atoms with Crippen molar-refractivity contribution in [3.05, 3.63) is 58.9 Å². The van der Waals surface area contributed by atoms with E-state index >= 15 is 0 Å². The van der Waals surface area contributed by atoms with Crippen LogP contribution in [0.2, 0.25) is 0 Å². The number of thiocarbonyl (C=S) groups is 1. The zero-order valence-corrected chi connectivity index (χ0v) is 21.2. The fourth-order valence-electron chi connectivity index (χ4n) is 6.79. The second kappa shape index (κ2) is 9.56. The normalized spacial score (nSPS) is 26.8. The maximum absolute atomic E-state index is 5.68. The molecule has 0 amide bonds. The molecule has 1 N–H and O–H groups in total. The number of hydrogen-bond donors (Lipinski definition) is 1. The minimum absolute atomic E-state index is 0.437. The van der Waals surface area contributed by atoms with E-state index in [0.717, 1.165) is 45.6 Å². The maximum atomic E-state index is 5.68. The van der Waals surface area contributed by atoms with Crippen LogP contribution in [0.5, 0.6) is 0 Å². The average Bonchev–Trinajstić information content (AvgIpc) is 2.88. The monoisotopic (exact) mass is 475 g/mol. The Morgan fingerprint density at radius 3 is 2.91 bits per heavy atom. The first kappa shape index (κ1) is 22.4. The van der Waals surface area contributed by atoms with Crippen LogP contribution >= 0.6 is 12.2 Å². The molecule has 2 saturated heterocycles. The largest absolute Gasteiger partial charge is 0.367 e. The van der Waals surface area contributed by atoms with Gasteiger partial charge in [-0.25, -0.2) is 0 Å². The molecule has 4 heterocycles. The van der Waals surface area contributed by atoms with Crippen LogP contribution in [0.1, 0.15) is 60.5 Å². The Kier molecular flexibility index (Phi) is 6.31. The van der Waals surface area contributed by atoms with Crippen molar-refractivity contribution < 1.29 is 0 Å². The fourth-order valence-corrected chi connectivity index (χ4v) is 7.18. The first-order chi connectivity index (χ1) is 16.7. The predicted octanol–water partition coefficient (Wildman–Crippen LogP) is 4.11. The van der Waals surface area contributed by atoms with Gasteiger partial charge in [0.1, 0.15) is 0 Å². The van der Waals surface area contributed by atoms with Gasteiger partial charge in [-0.3, -0.25) is 9.88 Å². The zero-order valence-electron chi connectivity index (χ0n) is 20.4. The molecule has 0 saturated carbocycles. The van der Waals surface area contributed by atoms with Gasteiger partial charge < -0.3 is 15.1 Å². The maximum Gasteiger partial charge on any atom is 0.0783 e. The molecule has 180 valence electrons. The molecule has 3 aliphatic heterocycles. The molecule has 2 fully saturated rings. The van der Waals surface area contributed by atoms with E-state index in [0.29, 0.717) is 18.1 Å². The number of aryl methyl sites for hydroxylation is 1. The van der Waals surface area contributed by atoms with Crippen LogP contribution in [0, 0.1) is 0 Å². The standard InChI is InChI=1S/C28H37N5S/c1-31(26-11-2-6-20-8-5-13-29-28(20)26)18-22-16-24-21(17-30-22)7-3-10-25(24)32-14-15-33-23(19-32)9-4-12-27(33)34/h3,5,7-8,10,13,22-23,26,30H,2,4,6,9,11-12,14-19H2,1H3/t22-,23+,26+/m1/s1. The Bertz CT molecular complexity index is 1050. The van der Waals surface area contributed by atoms with E-state index < -0.39 is 0 Å². The highest BCUT2D eigenvalue weighted by molar-refractivity contribution is 7.80. The van der Waals surface area contributed by atoms with E-state index in [4.69, 9.17) is 17.2 Å². The van der Waals surface area contributed by atoms with Gasteiger partial charge in [-0.15, -0.1) is 0 Å². The van der Waals surface area contributed by atoms with Crippen molar-refractivity contribution in [1.29, 1.82) is 0 Å². The number of fused-ring (bicyclic) bond motifs is 3. The van der Waals surface area contributed by atoms with Crippen molar-refractivity contribution in [2.75, 3.05) is 38.1 Å². The number of pyridine rings is 1. The fraction of sp³-hybridized carbons (Fsp3) is 0.571. The van der Waals surface area contributed by atoms with Gasteiger partial charge in [-0.05, 0) is 80.8 Å². The summed E-state index contributed by atoms with van der Waals surface area (Å²) in [7, 11) is 2.29. The first-order valence-corrected chi connectivity index (χ1v) is 13.6. The molecule has 1 aliphatic carbocycles. The second-order valence-corrected chi connectivity index (χ2v) is 11.1. The van der Waals surface area contributed by atoms with Crippen molar-refractivity contribution >= 4 is 22.9 Å². The number of piperidine rings is 1. The molecule has 2 aromatic rings. The number of benzene rings is 1. The predicted molar refractivity (Wildman–Crippen MR) is 142 cm³/mol. The van der Waals surface area contributed by atoms with E-state index in [2.05, 4.69) is 57.4 Å². The molecule has 0 spiro atoms. The molecule has 0 bridgehead atoms. The van der Waals surface area contributed by atoms with Gasteiger partial charge >= 0.3 is 0 Å². The minimum atomic E-state index is 0.437. The SMILES string of the molecule is CN(C[C@H]1Cc2c(cccc2N2CCN3C(=S)CCC[C@H]3C2)CN1)[C@H]1CCCc2cccnc21. The van der Waals surface area contributed by atoms with E-state index in [1.54, 1.807) is 5.56 Å². The number of piperazine rings is 1. The lowest BCUT2D eigenvalue weighted by Crippen LogP contribution is -2.56. The molecule has 0 radical (unpaired) electrons. The van der Waals surface area contributed by atoms with Crippen LogP contribution in [0.15, 0.2) is 36.5 Å². The van der Waals surface area contributed by atoms with Gasteiger partial charge in [0, 0.05) is 56.7 Å². The highest BCUT2D eigenvalue weighted by Crippen LogP contribution is 2.34. The molecular weight excluding hydrogens is 438 g/mol. The lowest BCUT2D eigenvalue weighted by Gasteiger charge is -2.47. The highest BCUT2D eigenvalue weighted by Gasteiger charge is 2.33. The van der Waals surface area contributed by atoms with Crippen molar-refractivity contribution in [3.8, 4) is 0 Å². The van der Waals surface area contributed by atoms with Crippen LogP contribution < -0.4 is 10.2 Å². The summed E-state index contributed by atoms with van der Waals surface area (Å²) in [5.41, 5.74) is 7.25. The summed E-state index contributed by atoms with van der Waals surface area (Å²) in [6.07, 6.45) is 10.3. The molecular formula is C28H37N5S. The summed E-state index contributed by atoms with van der Waals surface area (Å²) in [6, 6.07) is 12.8. The quantitative estimate of drug-likeness (QED) is 0.671. The molecule has 1 aromatic heterocycles. The number of nitrogens with one attached hydrogen (secondary N) is 1. The van der Waals surface area contributed by atoms with Gasteiger partial charge in [-0.2, -0.15) is 0 Å². The molecule has 3 atom stereocenters. The average molecular weight is 476 g/mol. The Morgan fingerprint density at radius 1 is 1.09 bits per heavy atom. The summed E-state index contributed by atoms with van der Waals surface area (Å²) < 4.78 is 0. The van der Waals surface area contributed by atoms with Crippen molar-refractivity contribution in [3.63, 3.8) is 0 Å². The molecule has 5 nitrogen and oxygen atoms in total. The molecule has 4 aliphatic rings. The summed E-state index contributed by atoms with van der Waals surface area (Å²) in [5, 5.41) is 3.84. The first-order valence-electron chi connectivity index (χ1n) is 13.2. The lowest BCUT2D eigenvalue weighted by molar-refractivity contribution is 0.190. The van der Waals surface area contributed by atoms with E-state index in [9.17, 15) is 0 Å². The van der Waals surface area contributed by atoms with Crippen molar-refractivity contribution in [1.82, 2.24) is 20.1 Å². The Morgan fingerprint density at radius 2 is 1.97 bits per heavy atom. The number of likely N-dealkylation sites (N-methyl/N-ethyl adjacent to an activating group) is 1. The third-order valence-electron chi connectivity index (χ3n) is 8.56. The summed E-state index contributed by atoms with van der Waals surface area (Å²) in [6.45, 7) is 5.29. The zero-order chi connectivity index (χ0) is 23.1. The molecule has 6 heteroatoms. The molecule has 34 heavy (non-hydrogen) atoms. The second-order valence-electron chi connectivity index (χ2n) is 10.7. The van der Waals surface area contributed by atoms with Gasteiger partial charge in [-0.1, -0.05) is 30.4 Å². The van der Waals surface area contributed by atoms with Gasteiger partial charge in [0.05, 0.1) is 16.7 Å². The van der Waals surface area contributed by atoms with E-state index in [1.807, 2.05) is 6.20 Å². The Labute approximate surface area is 209 Å². The van der Waals surface area contributed by atoms with Crippen LogP contribution in [0.4, 0.5) is 5.69 Å². The summed E-state index contributed by atoms with van der Waals surface area (Å²) >= 11 is 5.68. The number of anilines is 1. The smallest absolute Gasteiger partial charge is 0.0783 e. The number of aromatic nitrogens is 1. The molecule has 6 rings (SSSR count). The topological polar surface area (TPSA) is 34.6 Å². The number of nitrogens with zero attached hydrogens (tertiary/aromatic N) is 4. The van der Waals surface area contributed by atoms with Crippen LogP contribution in [-0.4, -0.2) is 65.1 Å². The van der Waals surface area contributed by atoms with E-state index in [-0.39, 0.29) is 0 Å². The third-order valence-corrected chi connectivity index (χ3v) is 9.00. The van der Waals surface area contributed by atoms with Gasteiger partial charge in [0.2, 0.25) is 0 Å². The lowest BCUT2D eigenvalue weighted by atomic mass is 9.89. The summed E-state index contributed by atoms with van der Waals surface area (Å²) in [5.74, 6) is 0. The van der Waals surface area contributed by atoms with Gasteiger partial charge in [0.25, 0.3) is 0 Å². The van der Waals surface area contributed by atoms with Crippen molar-refractivity contribution in [2.45, 2.75) is 69.6 Å². The Balaban J connectivity index is 1.17.